The van der Waals surface area contributed by atoms with Crippen LogP contribution in [0, 0.1) is 0 Å². The SMILES string of the molecule is CCN(CC(C)c1ccccc1)C(C)CC(=O)O. The zero-order valence-electron chi connectivity index (χ0n) is 11.5. The maximum atomic E-state index is 10.8. The Morgan fingerprint density at radius 1 is 1.28 bits per heavy atom. The van der Waals surface area contributed by atoms with Crippen LogP contribution in [0.5, 0.6) is 0 Å². The van der Waals surface area contributed by atoms with E-state index in [4.69, 9.17) is 5.11 Å². The van der Waals surface area contributed by atoms with E-state index < -0.39 is 5.97 Å². The minimum absolute atomic E-state index is 0.0821. The smallest absolute Gasteiger partial charge is 0.304 e. The molecule has 1 aromatic rings. The molecular formula is C15H23NO2. The van der Waals surface area contributed by atoms with Gasteiger partial charge in [-0.25, -0.2) is 0 Å². The Labute approximate surface area is 109 Å². The molecule has 2 unspecified atom stereocenters. The second-order valence-electron chi connectivity index (χ2n) is 4.85. The summed E-state index contributed by atoms with van der Waals surface area (Å²) in [5.74, 6) is -0.310. The van der Waals surface area contributed by atoms with Gasteiger partial charge in [-0.15, -0.1) is 0 Å². The fraction of sp³-hybridized carbons (Fsp3) is 0.533. The van der Waals surface area contributed by atoms with E-state index in [9.17, 15) is 4.79 Å². The fourth-order valence-electron chi connectivity index (χ4n) is 2.24. The number of nitrogens with zero attached hydrogens (tertiary/aromatic N) is 1. The average Bonchev–Trinajstić information content (AvgIpc) is 2.35. The van der Waals surface area contributed by atoms with Crippen LogP contribution in [0.15, 0.2) is 30.3 Å². The van der Waals surface area contributed by atoms with Crippen LogP contribution in [0.3, 0.4) is 0 Å². The highest BCUT2D eigenvalue weighted by molar-refractivity contribution is 5.67. The molecule has 0 aliphatic rings. The largest absolute Gasteiger partial charge is 0.481 e. The first-order chi connectivity index (χ1) is 8.54. The Bertz CT molecular complexity index is 364. The summed E-state index contributed by atoms with van der Waals surface area (Å²) in [5.41, 5.74) is 1.30. The van der Waals surface area contributed by atoms with E-state index in [1.165, 1.54) is 5.56 Å². The van der Waals surface area contributed by atoms with Crippen molar-refractivity contribution >= 4 is 5.97 Å². The third-order valence-electron chi connectivity index (χ3n) is 3.38. The molecular weight excluding hydrogens is 226 g/mol. The lowest BCUT2D eigenvalue weighted by atomic mass is 10.00. The Morgan fingerprint density at radius 2 is 1.89 bits per heavy atom. The van der Waals surface area contributed by atoms with Crippen molar-refractivity contribution in [3.05, 3.63) is 35.9 Å². The van der Waals surface area contributed by atoms with Crippen molar-refractivity contribution in [3.63, 3.8) is 0 Å². The van der Waals surface area contributed by atoms with Crippen molar-refractivity contribution in [3.8, 4) is 0 Å². The number of likely N-dealkylation sites (N-methyl/N-ethyl adjacent to an activating group) is 1. The molecule has 0 radical (unpaired) electrons. The third-order valence-corrected chi connectivity index (χ3v) is 3.38. The normalized spacial score (nSPS) is 14.4. The van der Waals surface area contributed by atoms with Crippen molar-refractivity contribution < 1.29 is 9.90 Å². The summed E-state index contributed by atoms with van der Waals surface area (Å²) >= 11 is 0. The number of rotatable bonds is 7. The van der Waals surface area contributed by atoms with Gasteiger partial charge in [-0.05, 0) is 24.9 Å². The monoisotopic (exact) mass is 249 g/mol. The molecule has 0 spiro atoms. The van der Waals surface area contributed by atoms with Gasteiger partial charge in [0.25, 0.3) is 0 Å². The molecule has 1 rings (SSSR count). The highest BCUT2D eigenvalue weighted by atomic mass is 16.4. The molecule has 100 valence electrons. The van der Waals surface area contributed by atoms with Crippen LogP contribution in [0.25, 0.3) is 0 Å². The van der Waals surface area contributed by atoms with E-state index in [0.29, 0.717) is 5.92 Å². The van der Waals surface area contributed by atoms with Gasteiger partial charge < -0.3 is 5.11 Å². The number of carboxylic acids is 1. The molecule has 0 aliphatic carbocycles. The fourth-order valence-corrected chi connectivity index (χ4v) is 2.24. The lowest BCUT2D eigenvalue weighted by molar-refractivity contribution is -0.138. The van der Waals surface area contributed by atoms with Crippen molar-refractivity contribution in [1.82, 2.24) is 4.90 Å². The van der Waals surface area contributed by atoms with Crippen LogP contribution in [-0.4, -0.2) is 35.1 Å². The molecule has 2 atom stereocenters. The van der Waals surface area contributed by atoms with Gasteiger partial charge in [-0.3, -0.25) is 9.69 Å². The van der Waals surface area contributed by atoms with Crippen molar-refractivity contribution in [2.45, 2.75) is 39.2 Å². The predicted molar refractivity (Wildman–Crippen MR) is 73.8 cm³/mol. The molecule has 3 heteroatoms. The van der Waals surface area contributed by atoms with Gasteiger partial charge in [0.05, 0.1) is 6.42 Å². The predicted octanol–water partition coefficient (Wildman–Crippen LogP) is 2.98. The minimum Gasteiger partial charge on any atom is -0.481 e. The summed E-state index contributed by atoms with van der Waals surface area (Å²) < 4.78 is 0. The number of hydrogen-bond acceptors (Lipinski definition) is 2. The molecule has 0 heterocycles. The maximum absolute atomic E-state index is 10.8. The van der Waals surface area contributed by atoms with Gasteiger partial charge in [-0.1, -0.05) is 44.2 Å². The van der Waals surface area contributed by atoms with E-state index >= 15 is 0 Å². The standard InChI is InChI=1S/C15H23NO2/c1-4-16(13(3)10-15(17)18)11-12(2)14-8-6-5-7-9-14/h5-9,12-13H,4,10-11H2,1-3H3,(H,17,18). The van der Waals surface area contributed by atoms with Crippen LogP contribution >= 0.6 is 0 Å². The molecule has 1 N–H and O–H groups in total. The van der Waals surface area contributed by atoms with E-state index in [0.717, 1.165) is 13.1 Å². The summed E-state index contributed by atoms with van der Waals surface area (Å²) in [7, 11) is 0. The van der Waals surface area contributed by atoms with Gasteiger partial charge in [0.1, 0.15) is 0 Å². The number of carboxylic acid groups (broad SMARTS) is 1. The highest BCUT2D eigenvalue weighted by Crippen LogP contribution is 2.18. The first-order valence-electron chi connectivity index (χ1n) is 6.55. The quantitative estimate of drug-likeness (QED) is 0.807. The van der Waals surface area contributed by atoms with Crippen LogP contribution in [0.2, 0.25) is 0 Å². The number of benzene rings is 1. The minimum atomic E-state index is -0.728. The molecule has 0 aromatic heterocycles. The second-order valence-corrected chi connectivity index (χ2v) is 4.85. The van der Waals surface area contributed by atoms with Crippen molar-refractivity contribution in [2.24, 2.45) is 0 Å². The molecule has 3 nitrogen and oxygen atoms in total. The van der Waals surface area contributed by atoms with Crippen LogP contribution < -0.4 is 0 Å². The lowest BCUT2D eigenvalue weighted by Crippen LogP contribution is -2.37. The summed E-state index contributed by atoms with van der Waals surface area (Å²) in [6.45, 7) is 8.03. The summed E-state index contributed by atoms with van der Waals surface area (Å²) in [6, 6.07) is 10.4. The molecule has 0 bridgehead atoms. The average molecular weight is 249 g/mol. The number of aliphatic carboxylic acids is 1. The summed E-state index contributed by atoms with van der Waals surface area (Å²) in [4.78, 5) is 13.0. The summed E-state index contributed by atoms with van der Waals surface area (Å²) in [6.07, 6.45) is 0.204. The van der Waals surface area contributed by atoms with E-state index in [1.807, 2.05) is 25.1 Å². The third kappa shape index (κ3) is 4.49. The number of carbonyl (C=O) groups is 1. The molecule has 18 heavy (non-hydrogen) atoms. The number of hydrogen-bond donors (Lipinski definition) is 1. The van der Waals surface area contributed by atoms with Gasteiger partial charge >= 0.3 is 5.97 Å². The van der Waals surface area contributed by atoms with E-state index in [2.05, 4.69) is 30.9 Å². The summed E-state index contributed by atoms with van der Waals surface area (Å²) in [5, 5.41) is 8.85. The zero-order chi connectivity index (χ0) is 13.5. The van der Waals surface area contributed by atoms with Gasteiger partial charge in [0.2, 0.25) is 0 Å². The Morgan fingerprint density at radius 3 is 2.39 bits per heavy atom. The zero-order valence-corrected chi connectivity index (χ0v) is 11.5. The molecule has 0 saturated carbocycles. The van der Waals surface area contributed by atoms with Crippen molar-refractivity contribution in [1.29, 1.82) is 0 Å². The van der Waals surface area contributed by atoms with Crippen molar-refractivity contribution in [2.75, 3.05) is 13.1 Å². The topological polar surface area (TPSA) is 40.5 Å². The Kier molecular flexibility index (Phi) is 5.86. The van der Waals surface area contributed by atoms with Gasteiger partial charge in [0.15, 0.2) is 0 Å². The molecule has 0 amide bonds. The van der Waals surface area contributed by atoms with E-state index in [1.54, 1.807) is 0 Å². The molecule has 0 aliphatic heterocycles. The van der Waals surface area contributed by atoms with E-state index in [-0.39, 0.29) is 12.5 Å². The lowest BCUT2D eigenvalue weighted by Gasteiger charge is -2.29. The highest BCUT2D eigenvalue weighted by Gasteiger charge is 2.18. The van der Waals surface area contributed by atoms with Crippen LogP contribution in [-0.2, 0) is 4.79 Å². The van der Waals surface area contributed by atoms with Crippen LogP contribution in [0.1, 0.15) is 38.7 Å². The van der Waals surface area contributed by atoms with Gasteiger partial charge in [-0.2, -0.15) is 0 Å². The molecule has 0 fully saturated rings. The van der Waals surface area contributed by atoms with Crippen LogP contribution in [0.4, 0.5) is 0 Å². The first-order valence-corrected chi connectivity index (χ1v) is 6.55. The van der Waals surface area contributed by atoms with Gasteiger partial charge in [0, 0.05) is 12.6 Å². The Balaban J connectivity index is 2.60. The molecule has 0 saturated heterocycles. The Hall–Kier alpha value is -1.35. The molecule has 1 aromatic carbocycles. The maximum Gasteiger partial charge on any atom is 0.304 e. The first kappa shape index (κ1) is 14.7. The second kappa shape index (κ2) is 7.17.